The minimum Gasteiger partial charge on any atom is -0.355 e. The van der Waals surface area contributed by atoms with E-state index < -0.39 is 12.2 Å². The van der Waals surface area contributed by atoms with Gasteiger partial charge in [-0.2, -0.15) is 0 Å². The maximum atomic E-state index is 12.0. The van der Waals surface area contributed by atoms with Crippen molar-refractivity contribution in [2.45, 2.75) is 25.6 Å². The van der Waals surface area contributed by atoms with Gasteiger partial charge in [-0.05, 0) is 25.0 Å². The summed E-state index contributed by atoms with van der Waals surface area (Å²) in [5, 5.41) is 4.32. The predicted octanol–water partition coefficient (Wildman–Crippen LogP) is 3.18. The smallest absolute Gasteiger partial charge is 0.297 e. The van der Waals surface area contributed by atoms with E-state index in [4.69, 9.17) is 25.7 Å². The van der Waals surface area contributed by atoms with Gasteiger partial charge in [0.2, 0.25) is 0 Å². The molecule has 1 aromatic carbocycles. The molecule has 0 radical (unpaired) electrons. The molecular formula is C15H15ClN2O4. The Morgan fingerprint density at radius 1 is 1.36 bits per heavy atom. The lowest BCUT2D eigenvalue weighted by Crippen LogP contribution is -2.33. The van der Waals surface area contributed by atoms with Crippen LogP contribution < -0.4 is 5.48 Å². The average Bonchev–Trinajstić information content (AvgIpc) is 3.04. The minimum absolute atomic E-state index is 0.130. The average molecular weight is 323 g/mol. The largest absolute Gasteiger partial charge is 0.355 e. The lowest BCUT2D eigenvalue weighted by molar-refractivity contribution is -0.186. The summed E-state index contributed by atoms with van der Waals surface area (Å²) in [6, 6.07) is 8.64. The number of ether oxygens (including phenoxy) is 1. The third kappa shape index (κ3) is 3.65. The van der Waals surface area contributed by atoms with Gasteiger partial charge in [0.25, 0.3) is 5.91 Å². The molecule has 1 atom stereocenters. The number of amides is 1. The summed E-state index contributed by atoms with van der Waals surface area (Å²) in [6.07, 6.45) is 2.38. The quantitative estimate of drug-likeness (QED) is 0.875. The number of carbonyl (C=O) groups is 1. The Kier molecular flexibility index (Phi) is 4.72. The lowest BCUT2D eigenvalue weighted by Gasteiger charge is -2.21. The van der Waals surface area contributed by atoms with Crippen molar-refractivity contribution >= 4 is 17.5 Å². The van der Waals surface area contributed by atoms with Crippen LogP contribution in [0.3, 0.4) is 0 Å². The van der Waals surface area contributed by atoms with Crippen LogP contribution in [-0.2, 0) is 9.57 Å². The number of hydrogen-bond acceptors (Lipinski definition) is 5. The van der Waals surface area contributed by atoms with Gasteiger partial charge in [-0.3, -0.25) is 4.79 Å². The first kappa shape index (κ1) is 15.0. The van der Waals surface area contributed by atoms with Crippen LogP contribution in [0.15, 0.2) is 34.9 Å². The zero-order chi connectivity index (χ0) is 15.4. The maximum absolute atomic E-state index is 12.0. The maximum Gasteiger partial charge on any atom is 0.297 e. The first-order chi connectivity index (χ1) is 10.7. The molecule has 0 saturated carbocycles. The summed E-state index contributed by atoms with van der Waals surface area (Å²) in [5.74, 6) is -0.0206. The number of carbonyl (C=O) groups excluding carboxylic acids is 1. The van der Waals surface area contributed by atoms with Gasteiger partial charge >= 0.3 is 0 Å². The van der Waals surface area contributed by atoms with Crippen molar-refractivity contribution in [3.05, 3.63) is 41.0 Å². The minimum atomic E-state index is -0.480. The molecule has 116 valence electrons. The number of hydrogen-bond donors (Lipinski definition) is 1. The number of halogens is 1. The van der Waals surface area contributed by atoms with E-state index in [0.29, 0.717) is 17.4 Å². The molecule has 2 aromatic rings. The first-order valence-corrected chi connectivity index (χ1v) is 7.40. The topological polar surface area (TPSA) is 73.6 Å². The molecule has 0 spiro atoms. The molecule has 3 rings (SSSR count). The SMILES string of the molecule is O=C(NO[C@H]1CCCCO1)c1cc(-c2cccc(Cl)c2)on1. The fourth-order valence-corrected chi connectivity index (χ4v) is 2.33. The van der Waals surface area contributed by atoms with E-state index in [0.717, 1.165) is 24.8 Å². The summed E-state index contributed by atoms with van der Waals surface area (Å²) in [7, 11) is 0. The summed E-state index contributed by atoms with van der Waals surface area (Å²) in [4.78, 5) is 17.2. The zero-order valence-electron chi connectivity index (χ0n) is 11.8. The fourth-order valence-electron chi connectivity index (χ4n) is 2.14. The van der Waals surface area contributed by atoms with Crippen molar-refractivity contribution in [3.8, 4) is 11.3 Å². The van der Waals surface area contributed by atoms with E-state index in [2.05, 4.69) is 10.6 Å². The third-order valence-electron chi connectivity index (χ3n) is 3.27. The van der Waals surface area contributed by atoms with Crippen LogP contribution in [0.5, 0.6) is 0 Å². The standard InChI is InChI=1S/C15H15ClN2O4/c16-11-5-3-4-10(8-11)13-9-12(17-21-13)15(19)18-22-14-6-1-2-7-20-14/h3-5,8-9,14H,1-2,6-7H2,(H,18,19)/t14-/m0/s1. The summed E-state index contributed by atoms with van der Waals surface area (Å²) >= 11 is 5.92. The van der Waals surface area contributed by atoms with Gasteiger partial charge < -0.3 is 9.26 Å². The molecule has 1 saturated heterocycles. The van der Waals surface area contributed by atoms with Gasteiger partial charge in [-0.1, -0.05) is 28.9 Å². The van der Waals surface area contributed by atoms with Gasteiger partial charge in [0.05, 0.1) is 0 Å². The zero-order valence-corrected chi connectivity index (χ0v) is 12.5. The van der Waals surface area contributed by atoms with Crippen molar-refractivity contribution in [1.29, 1.82) is 0 Å². The highest BCUT2D eigenvalue weighted by molar-refractivity contribution is 6.30. The van der Waals surface area contributed by atoms with Crippen LogP contribution in [-0.4, -0.2) is 24.0 Å². The number of benzene rings is 1. The van der Waals surface area contributed by atoms with E-state index in [1.54, 1.807) is 18.2 Å². The molecule has 6 nitrogen and oxygen atoms in total. The second-order valence-electron chi connectivity index (χ2n) is 4.93. The van der Waals surface area contributed by atoms with Gasteiger partial charge in [0, 0.05) is 29.7 Å². The molecule has 0 bridgehead atoms. The van der Waals surface area contributed by atoms with Crippen molar-refractivity contribution in [2.24, 2.45) is 0 Å². The Balaban J connectivity index is 1.61. The predicted molar refractivity (Wildman–Crippen MR) is 79.1 cm³/mol. The molecular weight excluding hydrogens is 308 g/mol. The number of nitrogens with zero attached hydrogens (tertiary/aromatic N) is 1. The van der Waals surface area contributed by atoms with Crippen LogP contribution >= 0.6 is 11.6 Å². The van der Waals surface area contributed by atoms with Crippen LogP contribution in [0.2, 0.25) is 5.02 Å². The monoisotopic (exact) mass is 322 g/mol. The van der Waals surface area contributed by atoms with E-state index in [1.165, 1.54) is 6.07 Å². The van der Waals surface area contributed by atoms with Gasteiger partial charge in [-0.15, -0.1) is 0 Å². The Hall–Kier alpha value is -1.89. The molecule has 0 unspecified atom stereocenters. The number of hydroxylamine groups is 1. The van der Waals surface area contributed by atoms with E-state index in [-0.39, 0.29) is 5.69 Å². The normalized spacial score (nSPS) is 18.1. The summed E-state index contributed by atoms with van der Waals surface area (Å²) in [6.45, 7) is 0.642. The number of aromatic nitrogens is 1. The highest BCUT2D eigenvalue weighted by Crippen LogP contribution is 2.23. The van der Waals surface area contributed by atoms with Gasteiger partial charge in [0.15, 0.2) is 17.7 Å². The molecule has 1 amide bonds. The molecule has 1 aliphatic heterocycles. The molecule has 1 aliphatic rings. The van der Waals surface area contributed by atoms with Crippen molar-refractivity contribution in [2.75, 3.05) is 6.61 Å². The van der Waals surface area contributed by atoms with Crippen molar-refractivity contribution < 1.29 is 18.9 Å². The van der Waals surface area contributed by atoms with Crippen LogP contribution in [0.4, 0.5) is 0 Å². The van der Waals surface area contributed by atoms with Crippen LogP contribution in [0, 0.1) is 0 Å². The Bertz CT molecular complexity index is 652. The van der Waals surface area contributed by atoms with E-state index in [9.17, 15) is 4.79 Å². The molecule has 22 heavy (non-hydrogen) atoms. The second-order valence-corrected chi connectivity index (χ2v) is 5.37. The molecule has 1 fully saturated rings. The molecule has 1 N–H and O–H groups in total. The highest BCUT2D eigenvalue weighted by Gasteiger charge is 2.18. The van der Waals surface area contributed by atoms with Crippen molar-refractivity contribution in [3.63, 3.8) is 0 Å². The second kappa shape index (κ2) is 6.91. The van der Waals surface area contributed by atoms with Gasteiger partial charge in [0.1, 0.15) is 0 Å². The Labute approximate surface area is 132 Å². The molecule has 0 aliphatic carbocycles. The van der Waals surface area contributed by atoms with Gasteiger partial charge in [-0.25, -0.2) is 10.3 Å². The molecule has 1 aromatic heterocycles. The molecule has 2 heterocycles. The van der Waals surface area contributed by atoms with E-state index >= 15 is 0 Å². The molecule has 7 heteroatoms. The Morgan fingerprint density at radius 3 is 3.05 bits per heavy atom. The van der Waals surface area contributed by atoms with Crippen LogP contribution in [0.25, 0.3) is 11.3 Å². The third-order valence-corrected chi connectivity index (χ3v) is 3.51. The fraction of sp³-hybridized carbons (Fsp3) is 0.333. The Morgan fingerprint density at radius 2 is 2.27 bits per heavy atom. The highest BCUT2D eigenvalue weighted by atomic mass is 35.5. The van der Waals surface area contributed by atoms with Crippen molar-refractivity contribution in [1.82, 2.24) is 10.6 Å². The van der Waals surface area contributed by atoms with Crippen LogP contribution in [0.1, 0.15) is 29.8 Å². The summed E-state index contributed by atoms with van der Waals surface area (Å²) in [5.41, 5.74) is 3.21. The summed E-state index contributed by atoms with van der Waals surface area (Å²) < 4.78 is 10.5. The first-order valence-electron chi connectivity index (χ1n) is 7.02. The van der Waals surface area contributed by atoms with E-state index in [1.807, 2.05) is 6.07 Å². The number of nitrogens with one attached hydrogen (secondary N) is 1. The number of rotatable bonds is 4. The lowest BCUT2D eigenvalue weighted by atomic mass is 10.1.